The van der Waals surface area contributed by atoms with E-state index in [2.05, 4.69) is 10.0 Å². The van der Waals surface area contributed by atoms with Gasteiger partial charge in [0, 0.05) is 16.6 Å². The summed E-state index contributed by atoms with van der Waals surface area (Å²) in [6.07, 6.45) is 5.20. The third kappa shape index (κ3) is 4.77. The lowest BCUT2D eigenvalue weighted by Crippen LogP contribution is -2.24. The highest BCUT2D eigenvalue weighted by atomic mass is 35.5. The summed E-state index contributed by atoms with van der Waals surface area (Å²) in [4.78, 5) is 12.4. The van der Waals surface area contributed by atoms with E-state index in [9.17, 15) is 13.2 Å². The molecule has 2 aromatic rings. The Morgan fingerprint density at radius 3 is 2.31 bits per heavy atom. The fourth-order valence-electron chi connectivity index (χ4n) is 3.09. The summed E-state index contributed by atoms with van der Waals surface area (Å²) in [6.45, 7) is 0. The number of hydrogen-bond donors (Lipinski definition) is 2. The molecule has 0 unspecified atom stereocenters. The molecule has 0 aliphatic heterocycles. The van der Waals surface area contributed by atoms with Crippen molar-refractivity contribution in [3.05, 3.63) is 53.6 Å². The number of rotatable bonds is 5. The molecule has 1 fully saturated rings. The number of amides is 1. The molecule has 5 nitrogen and oxygen atoms in total. The molecule has 0 bridgehead atoms. The van der Waals surface area contributed by atoms with Crippen molar-refractivity contribution in [3.8, 4) is 0 Å². The molecular weight excluding hydrogens is 372 g/mol. The maximum Gasteiger partial charge on any atom is 0.261 e. The summed E-state index contributed by atoms with van der Waals surface area (Å²) >= 11 is 5.88. The van der Waals surface area contributed by atoms with Crippen LogP contribution in [0.4, 0.5) is 11.4 Å². The van der Waals surface area contributed by atoms with E-state index in [1.54, 1.807) is 30.3 Å². The quantitative estimate of drug-likeness (QED) is 0.776. The van der Waals surface area contributed by atoms with Gasteiger partial charge in [0.05, 0.1) is 10.6 Å². The molecule has 0 spiro atoms. The first kappa shape index (κ1) is 18.7. The van der Waals surface area contributed by atoms with Gasteiger partial charge in [-0.3, -0.25) is 9.52 Å². The highest BCUT2D eigenvalue weighted by Crippen LogP contribution is 2.25. The monoisotopic (exact) mass is 392 g/mol. The zero-order valence-electron chi connectivity index (χ0n) is 14.2. The van der Waals surface area contributed by atoms with Crippen LogP contribution in [0.3, 0.4) is 0 Å². The Hall–Kier alpha value is -2.05. The number of nitrogens with one attached hydrogen (secondary N) is 2. The number of sulfonamides is 1. The second-order valence-corrected chi connectivity index (χ2v) is 8.58. The van der Waals surface area contributed by atoms with Crippen LogP contribution >= 0.6 is 11.6 Å². The summed E-state index contributed by atoms with van der Waals surface area (Å²) in [5, 5.41) is 3.33. The molecule has 0 atom stereocenters. The molecule has 1 saturated carbocycles. The predicted octanol–water partition coefficient (Wildman–Crippen LogP) is 4.66. The minimum Gasteiger partial charge on any atom is -0.326 e. The molecule has 3 rings (SSSR count). The first-order valence-electron chi connectivity index (χ1n) is 8.63. The van der Waals surface area contributed by atoms with Gasteiger partial charge in [-0.15, -0.1) is 0 Å². The minimum atomic E-state index is -3.72. The predicted molar refractivity (Wildman–Crippen MR) is 104 cm³/mol. The first-order valence-corrected chi connectivity index (χ1v) is 10.5. The van der Waals surface area contributed by atoms with Crippen molar-refractivity contribution in [1.82, 2.24) is 0 Å². The van der Waals surface area contributed by atoms with E-state index in [0.29, 0.717) is 16.4 Å². The fourth-order valence-corrected chi connectivity index (χ4v) is 4.33. The van der Waals surface area contributed by atoms with Crippen LogP contribution in [0.5, 0.6) is 0 Å². The van der Waals surface area contributed by atoms with Crippen LogP contribution in [0.25, 0.3) is 0 Å². The van der Waals surface area contributed by atoms with E-state index in [0.717, 1.165) is 25.7 Å². The molecule has 1 amide bonds. The van der Waals surface area contributed by atoms with Gasteiger partial charge >= 0.3 is 0 Å². The third-order valence-electron chi connectivity index (χ3n) is 4.48. The molecular formula is C19H21ClN2O3S. The Labute approximate surface area is 158 Å². The molecule has 0 radical (unpaired) electrons. The highest BCUT2D eigenvalue weighted by molar-refractivity contribution is 7.92. The van der Waals surface area contributed by atoms with Crippen molar-refractivity contribution < 1.29 is 13.2 Å². The van der Waals surface area contributed by atoms with Crippen molar-refractivity contribution in [2.45, 2.75) is 37.0 Å². The Morgan fingerprint density at radius 2 is 1.65 bits per heavy atom. The zero-order valence-corrected chi connectivity index (χ0v) is 15.8. The van der Waals surface area contributed by atoms with Crippen LogP contribution in [0, 0.1) is 5.92 Å². The Bertz CT molecular complexity index is 876. The van der Waals surface area contributed by atoms with Crippen molar-refractivity contribution in [2.24, 2.45) is 5.92 Å². The third-order valence-corrected chi connectivity index (χ3v) is 6.12. The largest absolute Gasteiger partial charge is 0.326 e. The van der Waals surface area contributed by atoms with E-state index < -0.39 is 10.0 Å². The maximum absolute atomic E-state index is 12.5. The van der Waals surface area contributed by atoms with Gasteiger partial charge in [-0.25, -0.2) is 8.42 Å². The van der Waals surface area contributed by atoms with Crippen LogP contribution in [-0.2, 0) is 14.8 Å². The molecule has 26 heavy (non-hydrogen) atoms. The minimum absolute atomic E-state index is 0.0114. The van der Waals surface area contributed by atoms with E-state index >= 15 is 0 Å². The Morgan fingerprint density at radius 1 is 0.962 bits per heavy atom. The molecule has 2 aromatic carbocycles. The molecule has 0 heterocycles. The van der Waals surface area contributed by atoms with Crippen molar-refractivity contribution in [3.63, 3.8) is 0 Å². The molecule has 2 N–H and O–H groups in total. The van der Waals surface area contributed by atoms with Crippen molar-refractivity contribution in [1.29, 1.82) is 0 Å². The van der Waals surface area contributed by atoms with Gasteiger partial charge in [-0.2, -0.15) is 0 Å². The fraction of sp³-hybridized carbons (Fsp3) is 0.316. The van der Waals surface area contributed by atoms with Gasteiger partial charge in [0.1, 0.15) is 0 Å². The van der Waals surface area contributed by atoms with E-state index in [1.807, 2.05) is 0 Å². The summed E-state index contributed by atoms with van der Waals surface area (Å²) in [5.41, 5.74) is 0.995. The Kier molecular flexibility index (Phi) is 5.84. The summed E-state index contributed by atoms with van der Waals surface area (Å²) in [5.74, 6) is 0.0639. The average molecular weight is 393 g/mol. The van der Waals surface area contributed by atoms with Crippen LogP contribution < -0.4 is 10.0 Å². The zero-order chi connectivity index (χ0) is 18.6. The number of carbonyl (C=O) groups is 1. The first-order chi connectivity index (χ1) is 12.4. The average Bonchev–Trinajstić information content (AvgIpc) is 2.62. The lowest BCUT2D eigenvalue weighted by molar-refractivity contribution is -0.120. The van der Waals surface area contributed by atoms with Crippen molar-refractivity contribution >= 4 is 38.9 Å². The Balaban J connectivity index is 1.67. The summed E-state index contributed by atoms with van der Waals surface area (Å²) < 4.78 is 27.4. The van der Waals surface area contributed by atoms with Gasteiger partial charge in [0.15, 0.2) is 0 Å². The van der Waals surface area contributed by atoms with Gasteiger partial charge < -0.3 is 5.32 Å². The molecule has 1 aliphatic rings. The number of anilines is 2. The SMILES string of the molecule is O=C(Nc1ccc(S(=O)(=O)Nc2cccc(Cl)c2)cc1)C1CCCCC1. The maximum atomic E-state index is 12.5. The van der Waals surface area contributed by atoms with E-state index in [4.69, 9.17) is 11.6 Å². The van der Waals surface area contributed by atoms with Crippen LogP contribution in [0.15, 0.2) is 53.4 Å². The molecule has 7 heteroatoms. The molecule has 0 saturated heterocycles. The van der Waals surface area contributed by atoms with Gasteiger partial charge in [-0.05, 0) is 55.3 Å². The number of benzene rings is 2. The smallest absolute Gasteiger partial charge is 0.261 e. The molecule has 138 valence electrons. The molecule has 0 aromatic heterocycles. The van der Waals surface area contributed by atoms with Crippen LogP contribution in [0.1, 0.15) is 32.1 Å². The van der Waals surface area contributed by atoms with Crippen LogP contribution in [0.2, 0.25) is 5.02 Å². The second-order valence-electron chi connectivity index (χ2n) is 6.46. The topological polar surface area (TPSA) is 75.3 Å². The number of carbonyl (C=O) groups excluding carboxylic acids is 1. The van der Waals surface area contributed by atoms with E-state index in [1.165, 1.54) is 24.6 Å². The number of hydrogen-bond acceptors (Lipinski definition) is 3. The molecule has 1 aliphatic carbocycles. The van der Waals surface area contributed by atoms with Gasteiger partial charge in [-0.1, -0.05) is 36.9 Å². The standard InChI is InChI=1S/C19H21ClN2O3S/c20-15-7-4-8-17(13-15)22-26(24,25)18-11-9-16(10-12-18)21-19(23)14-5-2-1-3-6-14/h4,7-14,22H,1-3,5-6H2,(H,21,23). The highest BCUT2D eigenvalue weighted by Gasteiger charge is 2.21. The van der Waals surface area contributed by atoms with Crippen LogP contribution in [-0.4, -0.2) is 14.3 Å². The van der Waals surface area contributed by atoms with Gasteiger partial charge in [0.2, 0.25) is 5.91 Å². The number of halogens is 1. The summed E-state index contributed by atoms with van der Waals surface area (Å²) in [7, 11) is -3.72. The van der Waals surface area contributed by atoms with Gasteiger partial charge in [0.25, 0.3) is 10.0 Å². The normalized spacial score (nSPS) is 15.4. The second kappa shape index (κ2) is 8.10. The lowest BCUT2D eigenvalue weighted by atomic mass is 9.88. The van der Waals surface area contributed by atoms with Crippen molar-refractivity contribution in [2.75, 3.05) is 10.0 Å². The lowest BCUT2D eigenvalue weighted by Gasteiger charge is -2.20. The van der Waals surface area contributed by atoms with E-state index in [-0.39, 0.29) is 16.7 Å². The summed E-state index contributed by atoms with van der Waals surface area (Å²) in [6, 6.07) is 12.7.